The van der Waals surface area contributed by atoms with E-state index in [9.17, 15) is 9.67 Å². The normalized spacial score (nSPS) is 12.8. The molecule has 1 rings (SSSR count). The number of phenolic OH excluding ortho intramolecular Hbond substituents is 1. The minimum atomic E-state index is -3.12. The third-order valence-corrected chi connectivity index (χ3v) is 5.54. The minimum absolute atomic E-state index is 0.193. The Labute approximate surface area is 121 Å². The highest BCUT2D eigenvalue weighted by Gasteiger charge is 2.27. The van der Waals surface area contributed by atoms with Gasteiger partial charge in [0, 0.05) is 14.2 Å². The van der Waals surface area contributed by atoms with Gasteiger partial charge in [-0.15, -0.1) is 0 Å². The van der Waals surface area contributed by atoms with Crippen LogP contribution in [0.4, 0.5) is 0 Å². The SMILES string of the molecule is COP(=O)(Cc1cc(C(C)(C)C)c(O)c(C)c1C)OC. The molecular formula is C15H25O4P. The van der Waals surface area contributed by atoms with Crippen LogP contribution >= 0.6 is 7.60 Å². The highest BCUT2D eigenvalue weighted by molar-refractivity contribution is 7.52. The molecule has 0 aliphatic rings. The van der Waals surface area contributed by atoms with Crippen LogP contribution in [-0.2, 0) is 25.2 Å². The van der Waals surface area contributed by atoms with Crippen LogP contribution in [-0.4, -0.2) is 19.3 Å². The summed E-state index contributed by atoms with van der Waals surface area (Å²) in [7, 11) is -0.346. The predicted molar refractivity (Wildman–Crippen MR) is 81.6 cm³/mol. The predicted octanol–water partition coefficient (Wildman–Crippen LogP) is 4.29. The first kappa shape index (κ1) is 17.2. The molecule has 0 atom stereocenters. The van der Waals surface area contributed by atoms with Gasteiger partial charge in [0.15, 0.2) is 0 Å². The topological polar surface area (TPSA) is 55.8 Å². The summed E-state index contributed by atoms with van der Waals surface area (Å²) in [5.41, 5.74) is 3.27. The molecule has 0 aliphatic carbocycles. The first-order valence-corrected chi connectivity index (χ1v) is 8.31. The van der Waals surface area contributed by atoms with Gasteiger partial charge in [0.05, 0.1) is 6.16 Å². The van der Waals surface area contributed by atoms with Gasteiger partial charge in [-0.25, -0.2) is 0 Å². The largest absolute Gasteiger partial charge is 0.507 e. The number of benzene rings is 1. The molecular weight excluding hydrogens is 275 g/mol. The molecule has 0 unspecified atom stereocenters. The van der Waals surface area contributed by atoms with E-state index in [4.69, 9.17) is 9.05 Å². The average Bonchev–Trinajstić information content (AvgIpc) is 2.37. The summed E-state index contributed by atoms with van der Waals surface area (Å²) in [6, 6.07) is 1.91. The molecule has 5 heteroatoms. The maximum absolute atomic E-state index is 12.3. The van der Waals surface area contributed by atoms with E-state index >= 15 is 0 Å². The van der Waals surface area contributed by atoms with E-state index in [0.717, 1.165) is 22.3 Å². The Hall–Kier alpha value is -0.830. The fourth-order valence-electron chi connectivity index (χ4n) is 2.12. The third kappa shape index (κ3) is 3.43. The number of hydrogen-bond acceptors (Lipinski definition) is 4. The van der Waals surface area contributed by atoms with Gasteiger partial charge in [0.2, 0.25) is 0 Å². The molecule has 0 aliphatic heterocycles. The molecule has 0 bridgehead atoms. The van der Waals surface area contributed by atoms with Crippen LogP contribution in [0.15, 0.2) is 6.07 Å². The van der Waals surface area contributed by atoms with E-state index in [1.54, 1.807) is 0 Å². The van der Waals surface area contributed by atoms with Gasteiger partial charge in [-0.2, -0.15) is 0 Å². The van der Waals surface area contributed by atoms with Crippen molar-refractivity contribution >= 4 is 7.60 Å². The number of hydrogen-bond donors (Lipinski definition) is 1. The standard InChI is InChI=1S/C15H25O4P/c1-10-11(2)14(16)13(15(3,4)5)8-12(10)9-20(17,18-6)19-7/h8,16H,9H2,1-7H3. The molecule has 0 saturated carbocycles. The van der Waals surface area contributed by atoms with Crippen LogP contribution in [0.5, 0.6) is 5.75 Å². The smallest absolute Gasteiger partial charge is 0.334 e. The lowest BCUT2D eigenvalue weighted by Crippen LogP contribution is -2.13. The fourth-order valence-corrected chi connectivity index (χ4v) is 3.27. The van der Waals surface area contributed by atoms with Gasteiger partial charge in [-0.05, 0) is 41.5 Å². The van der Waals surface area contributed by atoms with Crippen molar-refractivity contribution in [2.75, 3.05) is 14.2 Å². The second-order valence-electron chi connectivity index (χ2n) is 6.07. The molecule has 1 aromatic rings. The maximum atomic E-state index is 12.3. The van der Waals surface area contributed by atoms with E-state index in [2.05, 4.69) is 0 Å². The second kappa shape index (κ2) is 5.88. The minimum Gasteiger partial charge on any atom is -0.507 e. The van der Waals surface area contributed by atoms with Crippen molar-refractivity contribution in [1.82, 2.24) is 0 Å². The van der Waals surface area contributed by atoms with Crippen molar-refractivity contribution in [2.45, 2.75) is 46.2 Å². The summed E-state index contributed by atoms with van der Waals surface area (Å²) >= 11 is 0. The second-order valence-corrected chi connectivity index (χ2v) is 8.33. The summed E-state index contributed by atoms with van der Waals surface area (Å²) < 4.78 is 22.3. The Morgan fingerprint density at radius 3 is 2.05 bits per heavy atom. The Bertz CT molecular complexity index is 536. The van der Waals surface area contributed by atoms with Crippen molar-refractivity contribution in [3.8, 4) is 5.75 Å². The Morgan fingerprint density at radius 1 is 1.15 bits per heavy atom. The van der Waals surface area contributed by atoms with E-state index in [1.165, 1.54) is 14.2 Å². The van der Waals surface area contributed by atoms with Crippen molar-refractivity contribution in [2.24, 2.45) is 0 Å². The van der Waals surface area contributed by atoms with Crippen molar-refractivity contribution in [1.29, 1.82) is 0 Å². The lowest BCUT2D eigenvalue weighted by molar-refractivity contribution is 0.274. The molecule has 0 spiro atoms. The molecule has 4 nitrogen and oxygen atoms in total. The Balaban J connectivity index is 3.42. The summed E-state index contributed by atoms with van der Waals surface area (Å²) in [5, 5.41) is 10.3. The van der Waals surface area contributed by atoms with E-state index < -0.39 is 7.60 Å². The lowest BCUT2D eigenvalue weighted by Gasteiger charge is -2.25. The molecule has 114 valence electrons. The molecule has 1 aromatic carbocycles. The molecule has 1 N–H and O–H groups in total. The maximum Gasteiger partial charge on any atom is 0.334 e. The Kier molecular flexibility index (Phi) is 5.07. The molecule has 0 radical (unpaired) electrons. The van der Waals surface area contributed by atoms with Crippen LogP contribution in [0.1, 0.15) is 43.0 Å². The molecule has 0 heterocycles. The Morgan fingerprint density at radius 2 is 1.65 bits per heavy atom. The summed E-state index contributed by atoms with van der Waals surface area (Å²) in [4.78, 5) is 0. The van der Waals surface area contributed by atoms with Crippen LogP contribution in [0.3, 0.4) is 0 Å². The van der Waals surface area contributed by atoms with Crippen LogP contribution in [0, 0.1) is 13.8 Å². The molecule has 0 aromatic heterocycles. The quantitative estimate of drug-likeness (QED) is 0.843. The monoisotopic (exact) mass is 300 g/mol. The van der Waals surface area contributed by atoms with Crippen LogP contribution in [0.2, 0.25) is 0 Å². The van der Waals surface area contributed by atoms with Gasteiger partial charge >= 0.3 is 7.60 Å². The first-order chi connectivity index (χ1) is 9.05. The number of aromatic hydroxyl groups is 1. The zero-order valence-corrected chi connectivity index (χ0v) is 14.3. The van der Waals surface area contributed by atoms with E-state index in [-0.39, 0.29) is 11.6 Å². The van der Waals surface area contributed by atoms with Crippen molar-refractivity contribution < 1.29 is 18.7 Å². The van der Waals surface area contributed by atoms with Crippen LogP contribution in [0.25, 0.3) is 0 Å². The summed E-state index contributed by atoms with van der Waals surface area (Å²) in [6.45, 7) is 9.88. The van der Waals surface area contributed by atoms with Gasteiger partial charge in [-0.1, -0.05) is 26.8 Å². The van der Waals surface area contributed by atoms with Crippen molar-refractivity contribution in [3.05, 3.63) is 28.3 Å². The summed E-state index contributed by atoms with van der Waals surface area (Å²) in [5.74, 6) is 0.309. The first-order valence-electron chi connectivity index (χ1n) is 6.58. The molecule has 0 amide bonds. The van der Waals surface area contributed by atoms with Crippen LogP contribution < -0.4 is 0 Å². The highest BCUT2D eigenvalue weighted by atomic mass is 31.2. The number of rotatable bonds is 4. The van der Waals surface area contributed by atoms with E-state index in [1.807, 2.05) is 40.7 Å². The third-order valence-electron chi connectivity index (χ3n) is 3.70. The van der Waals surface area contributed by atoms with Gasteiger partial charge in [0.1, 0.15) is 5.75 Å². The number of phenols is 1. The van der Waals surface area contributed by atoms with E-state index in [0.29, 0.717) is 5.75 Å². The zero-order chi connectivity index (χ0) is 15.7. The average molecular weight is 300 g/mol. The zero-order valence-electron chi connectivity index (χ0n) is 13.4. The molecule has 0 saturated heterocycles. The van der Waals surface area contributed by atoms with Gasteiger partial charge < -0.3 is 14.2 Å². The fraction of sp³-hybridized carbons (Fsp3) is 0.600. The van der Waals surface area contributed by atoms with Crippen molar-refractivity contribution in [3.63, 3.8) is 0 Å². The van der Waals surface area contributed by atoms with Gasteiger partial charge in [0.25, 0.3) is 0 Å². The van der Waals surface area contributed by atoms with Gasteiger partial charge in [-0.3, -0.25) is 4.57 Å². The summed E-state index contributed by atoms with van der Waals surface area (Å²) in [6.07, 6.45) is 0.204. The highest BCUT2D eigenvalue weighted by Crippen LogP contribution is 2.51. The molecule has 20 heavy (non-hydrogen) atoms. The lowest BCUT2D eigenvalue weighted by atomic mass is 9.83. The molecule has 0 fully saturated rings.